The van der Waals surface area contributed by atoms with Gasteiger partial charge in [-0.25, -0.2) is 4.98 Å². The molecule has 5 heteroatoms. The van der Waals surface area contributed by atoms with Crippen molar-refractivity contribution < 1.29 is 4.42 Å². The van der Waals surface area contributed by atoms with E-state index in [0.29, 0.717) is 18.2 Å². The minimum Gasteiger partial charge on any atom is -0.425 e. The van der Waals surface area contributed by atoms with Gasteiger partial charge in [0.15, 0.2) is 0 Å². The molecular weight excluding hydrogens is 204 g/mol. The van der Waals surface area contributed by atoms with Gasteiger partial charge in [-0.2, -0.15) is 0 Å². The Morgan fingerprint density at radius 2 is 2.25 bits per heavy atom. The fraction of sp³-hybridized carbons (Fsp3) is 0.182. The van der Waals surface area contributed by atoms with Gasteiger partial charge in [0.25, 0.3) is 0 Å². The quantitative estimate of drug-likeness (QED) is 0.650. The number of aromatic nitrogens is 4. The number of imidazole rings is 1. The maximum Gasteiger partial charge on any atom is 0.222 e. The molecule has 0 fully saturated rings. The maximum absolute atomic E-state index is 5.31. The van der Waals surface area contributed by atoms with Crippen molar-refractivity contribution in [3.05, 3.63) is 48.1 Å². The van der Waals surface area contributed by atoms with E-state index in [1.54, 1.807) is 6.92 Å². The van der Waals surface area contributed by atoms with E-state index < -0.39 is 0 Å². The van der Waals surface area contributed by atoms with Crippen LogP contribution in [0.15, 0.2) is 35.0 Å². The molecule has 16 heavy (non-hydrogen) atoms. The second-order valence-corrected chi connectivity index (χ2v) is 3.59. The second-order valence-electron chi connectivity index (χ2n) is 3.59. The predicted molar refractivity (Wildman–Crippen MR) is 57.0 cm³/mol. The molecule has 3 rings (SSSR count). The van der Waals surface area contributed by atoms with E-state index in [1.165, 1.54) is 0 Å². The summed E-state index contributed by atoms with van der Waals surface area (Å²) in [6.07, 6.45) is 4.50. The van der Waals surface area contributed by atoms with E-state index in [1.807, 2.05) is 35.0 Å². The largest absolute Gasteiger partial charge is 0.425 e. The van der Waals surface area contributed by atoms with Crippen molar-refractivity contribution >= 4 is 5.65 Å². The van der Waals surface area contributed by atoms with Gasteiger partial charge in [-0.1, -0.05) is 6.07 Å². The van der Waals surface area contributed by atoms with E-state index in [4.69, 9.17) is 4.42 Å². The standard InChI is InChI=1S/C11H10N4O/c1-8-13-14-11(16-8)6-9-7-15-5-3-2-4-10(15)12-9/h2-5,7H,6H2,1H3. The molecule has 0 spiro atoms. The minimum atomic E-state index is 0.572. The lowest BCUT2D eigenvalue weighted by molar-refractivity contribution is 0.476. The Morgan fingerprint density at radius 3 is 3.00 bits per heavy atom. The summed E-state index contributed by atoms with van der Waals surface area (Å²) in [6, 6.07) is 5.89. The van der Waals surface area contributed by atoms with Crippen LogP contribution in [0.5, 0.6) is 0 Å². The Bertz CT molecular complexity index is 592. The first-order valence-electron chi connectivity index (χ1n) is 5.03. The zero-order chi connectivity index (χ0) is 11.0. The number of pyridine rings is 1. The van der Waals surface area contributed by atoms with Gasteiger partial charge in [-0.3, -0.25) is 0 Å². The van der Waals surface area contributed by atoms with Gasteiger partial charge in [0.05, 0.1) is 12.1 Å². The second kappa shape index (κ2) is 3.44. The summed E-state index contributed by atoms with van der Waals surface area (Å²) in [4.78, 5) is 4.45. The highest BCUT2D eigenvalue weighted by atomic mass is 16.4. The fourth-order valence-corrected chi connectivity index (χ4v) is 1.64. The van der Waals surface area contributed by atoms with Gasteiger partial charge < -0.3 is 8.82 Å². The molecule has 0 saturated carbocycles. The zero-order valence-corrected chi connectivity index (χ0v) is 8.79. The molecule has 0 saturated heterocycles. The number of nitrogens with zero attached hydrogens (tertiary/aromatic N) is 4. The summed E-state index contributed by atoms with van der Waals surface area (Å²) in [6.45, 7) is 1.78. The van der Waals surface area contributed by atoms with Gasteiger partial charge in [-0.15, -0.1) is 10.2 Å². The number of hydrogen-bond acceptors (Lipinski definition) is 4. The molecular formula is C11H10N4O. The van der Waals surface area contributed by atoms with E-state index in [-0.39, 0.29) is 0 Å². The monoisotopic (exact) mass is 214 g/mol. The third kappa shape index (κ3) is 1.56. The van der Waals surface area contributed by atoms with Gasteiger partial charge in [0, 0.05) is 19.3 Å². The third-order valence-electron chi connectivity index (χ3n) is 2.31. The molecule has 0 aliphatic carbocycles. The van der Waals surface area contributed by atoms with Gasteiger partial charge in [0.1, 0.15) is 5.65 Å². The first-order valence-corrected chi connectivity index (χ1v) is 5.03. The molecule has 0 unspecified atom stereocenters. The third-order valence-corrected chi connectivity index (χ3v) is 2.31. The molecule has 3 aromatic rings. The molecule has 0 bridgehead atoms. The normalized spacial score (nSPS) is 11.1. The van der Waals surface area contributed by atoms with Crippen LogP contribution in [-0.4, -0.2) is 19.6 Å². The first-order chi connectivity index (χ1) is 7.81. The lowest BCUT2D eigenvalue weighted by atomic mass is 10.3. The van der Waals surface area contributed by atoms with Crippen LogP contribution in [0.4, 0.5) is 0 Å². The van der Waals surface area contributed by atoms with Crippen molar-refractivity contribution in [2.45, 2.75) is 13.3 Å². The molecule has 0 aliphatic heterocycles. The van der Waals surface area contributed by atoms with Gasteiger partial charge in [-0.05, 0) is 12.1 Å². The minimum absolute atomic E-state index is 0.572. The molecule has 0 atom stereocenters. The average Bonchev–Trinajstić information content (AvgIpc) is 2.84. The van der Waals surface area contributed by atoms with Crippen molar-refractivity contribution in [1.82, 2.24) is 19.6 Å². The molecule has 80 valence electrons. The summed E-state index contributed by atoms with van der Waals surface area (Å²) in [5.74, 6) is 1.18. The molecule has 0 N–H and O–H groups in total. The highest BCUT2D eigenvalue weighted by Crippen LogP contribution is 2.09. The van der Waals surface area contributed by atoms with Crippen molar-refractivity contribution in [2.24, 2.45) is 0 Å². The smallest absolute Gasteiger partial charge is 0.222 e. The van der Waals surface area contributed by atoms with Crippen LogP contribution < -0.4 is 0 Å². The van der Waals surface area contributed by atoms with Crippen LogP contribution in [0.25, 0.3) is 5.65 Å². The lowest BCUT2D eigenvalue weighted by Crippen LogP contribution is -1.87. The zero-order valence-electron chi connectivity index (χ0n) is 8.79. The van der Waals surface area contributed by atoms with Crippen LogP contribution in [0, 0.1) is 6.92 Å². The van der Waals surface area contributed by atoms with Crippen LogP contribution in [0.1, 0.15) is 17.5 Å². The van der Waals surface area contributed by atoms with Crippen molar-refractivity contribution in [2.75, 3.05) is 0 Å². The van der Waals surface area contributed by atoms with Crippen LogP contribution >= 0.6 is 0 Å². The fourth-order valence-electron chi connectivity index (χ4n) is 1.64. The van der Waals surface area contributed by atoms with Crippen molar-refractivity contribution in [1.29, 1.82) is 0 Å². The highest BCUT2D eigenvalue weighted by Gasteiger charge is 2.07. The van der Waals surface area contributed by atoms with Crippen LogP contribution in [0.2, 0.25) is 0 Å². The van der Waals surface area contributed by atoms with Gasteiger partial charge >= 0.3 is 0 Å². The Kier molecular flexibility index (Phi) is 1.96. The van der Waals surface area contributed by atoms with Gasteiger partial charge in [0.2, 0.25) is 11.8 Å². The predicted octanol–water partition coefficient (Wildman–Crippen LogP) is 1.62. The molecule has 0 aromatic carbocycles. The summed E-state index contributed by atoms with van der Waals surface area (Å²) < 4.78 is 7.28. The topological polar surface area (TPSA) is 56.2 Å². The summed E-state index contributed by atoms with van der Waals surface area (Å²) in [5.41, 5.74) is 1.85. The highest BCUT2D eigenvalue weighted by molar-refractivity contribution is 5.39. The number of fused-ring (bicyclic) bond motifs is 1. The van der Waals surface area contributed by atoms with E-state index >= 15 is 0 Å². The Labute approximate surface area is 91.8 Å². The SMILES string of the molecule is Cc1nnc(Cc2cn3ccccc3n2)o1. The number of rotatable bonds is 2. The molecule has 5 nitrogen and oxygen atoms in total. The van der Waals surface area contributed by atoms with E-state index in [0.717, 1.165) is 11.3 Å². The van der Waals surface area contributed by atoms with Crippen molar-refractivity contribution in [3.8, 4) is 0 Å². The lowest BCUT2D eigenvalue weighted by Gasteiger charge is -1.87. The summed E-state index contributed by atoms with van der Waals surface area (Å²) in [5, 5.41) is 7.73. The molecule has 0 aliphatic rings. The molecule has 0 amide bonds. The number of hydrogen-bond donors (Lipinski definition) is 0. The van der Waals surface area contributed by atoms with Crippen LogP contribution in [0.3, 0.4) is 0 Å². The van der Waals surface area contributed by atoms with Crippen LogP contribution in [-0.2, 0) is 6.42 Å². The number of aryl methyl sites for hydroxylation is 1. The molecule has 0 radical (unpaired) electrons. The molecule has 3 heterocycles. The Morgan fingerprint density at radius 1 is 1.31 bits per heavy atom. The Balaban J connectivity index is 1.95. The first kappa shape index (κ1) is 9.08. The molecule has 3 aromatic heterocycles. The summed E-state index contributed by atoms with van der Waals surface area (Å²) in [7, 11) is 0. The Hall–Kier alpha value is -2.17. The average molecular weight is 214 g/mol. The van der Waals surface area contributed by atoms with E-state index in [9.17, 15) is 0 Å². The van der Waals surface area contributed by atoms with Crippen molar-refractivity contribution in [3.63, 3.8) is 0 Å². The summed E-state index contributed by atoms with van der Waals surface area (Å²) >= 11 is 0. The van der Waals surface area contributed by atoms with E-state index in [2.05, 4.69) is 15.2 Å². The maximum atomic E-state index is 5.31.